The zero-order valence-electron chi connectivity index (χ0n) is 10.6. The van der Waals surface area contributed by atoms with E-state index in [2.05, 4.69) is 20.7 Å². The van der Waals surface area contributed by atoms with E-state index in [-0.39, 0.29) is 21.6 Å². The second-order valence-corrected chi connectivity index (χ2v) is 7.28. The van der Waals surface area contributed by atoms with Gasteiger partial charge in [-0.1, -0.05) is 23.7 Å². The maximum absolute atomic E-state index is 13.3. The lowest BCUT2D eigenvalue weighted by Crippen LogP contribution is -2.24. The molecule has 0 unspecified atom stereocenters. The van der Waals surface area contributed by atoms with Crippen molar-refractivity contribution in [3.8, 4) is 0 Å². The van der Waals surface area contributed by atoms with Crippen LogP contribution in [0.15, 0.2) is 45.8 Å². The van der Waals surface area contributed by atoms with Crippen LogP contribution in [0.5, 0.6) is 0 Å². The van der Waals surface area contributed by atoms with Crippen molar-refractivity contribution in [3.05, 3.63) is 57.3 Å². The van der Waals surface area contributed by atoms with Gasteiger partial charge in [0.25, 0.3) is 0 Å². The zero-order valence-corrected chi connectivity index (χ0v) is 13.8. The van der Waals surface area contributed by atoms with E-state index in [1.54, 1.807) is 24.3 Å². The number of hydrogen-bond donors (Lipinski definition) is 2. The topological polar surface area (TPSA) is 72.2 Å². The van der Waals surface area contributed by atoms with Gasteiger partial charge in [0.2, 0.25) is 10.0 Å². The standard InChI is InChI=1S/C13H11BrClFN2O2S/c14-10-5-13(12(17)6-11(10)16)21(19,20)18-7-8-2-1-3-9(15)4-8/h1-6,18H,7,17H2. The summed E-state index contributed by atoms with van der Waals surface area (Å²) < 4.78 is 40.1. The molecule has 112 valence electrons. The van der Waals surface area contributed by atoms with E-state index < -0.39 is 15.8 Å². The summed E-state index contributed by atoms with van der Waals surface area (Å²) in [4.78, 5) is -0.183. The quantitative estimate of drug-likeness (QED) is 0.783. The predicted octanol–water partition coefficient (Wildman–Crippen LogP) is 3.30. The molecule has 0 fully saturated rings. The molecule has 0 saturated heterocycles. The summed E-state index contributed by atoms with van der Waals surface area (Å²) in [5.74, 6) is -0.624. The summed E-state index contributed by atoms with van der Waals surface area (Å²) in [6, 6.07) is 8.87. The van der Waals surface area contributed by atoms with Gasteiger partial charge >= 0.3 is 0 Å². The van der Waals surface area contributed by atoms with Crippen LogP contribution < -0.4 is 10.5 Å². The number of benzene rings is 2. The third-order valence-electron chi connectivity index (χ3n) is 2.70. The van der Waals surface area contributed by atoms with Crippen molar-refractivity contribution in [1.29, 1.82) is 0 Å². The first-order valence-electron chi connectivity index (χ1n) is 5.78. The molecule has 2 aromatic carbocycles. The van der Waals surface area contributed by atoms with Crippen LogP contribution in [0.3, 0.4) is 0 Å². The van der Waals surface area contributed by atoms with Crippen LogP contribution in [-0.4, -0.2) is 8.42 Å². The van der Waals surface area contributed by atoms with Crippen molar-refractivity contribution in [2.75, 3.05) is 5.73 Å². The summed E-state index contributed by atoms with van der Waals surface area (Å²) in [6.07, 6.45) is 0. The Bertz CT molecular complexity index is 784. The number of rotatable bonds is 4. The first-order chi connectivity index (χ1) is 9.79. The summed E-state index contributed by atoms with van der Waals surface area (Å²) >= 11 is 8.77. The molecule has 21 heavy (non-hydrogen) atoms. The Morgan fingerprint density at radius 3 is 2.67 bits per heavy atom. The second-order valence-electron chi connectivity index (χ2n) is 4.26. The lowest BCUT2D eigenvalue weighted by Gasteiger charge is -2.10. The van der Waals surface area contributed by atoms with E-state index in [1.165, 1.54) is 0 Å². The molecule has 0 bridgehead atoms. The molecule has 0 spiro atoms. The average molecular weight is 394 g/mol. The van der Waals surface area contributed by atoms with E-state index in [0.29, 0.717) is 10.6 Å². The maximum atomic E-state index is 13.3. The highest BCUT2D eigenvalue weighted by Crippen LogP contribution is 2.26. The van der Waals surface area contributed by atoms with Gasteiger partial charge in [0.1, 0.15) is 10.7 Å². The first-order valence-corrected chi connectivity index (χ1v) is 8.43. The predicted molar refractivity (Wildman–Crippen MR) is 84.0 cm³/mol. The lowest BCUT2D eigenvalue weighted by atomic mass is 10.2. The van der Waals surface area contributed by atoms with Crippen LogP contribution in [-0.2, 0) is 16.6 Å². The van der Waals surface area contributed by atoms with Crippen molar-refractivity contribution < 1.29 is 12.8 Å². The van der Waals surface area contributed by atoms with Gasteiger partial charge < -0.3 is 5.73 Å². The number of anilines is 1. The van der Waals surface area contributed by atoms with Gasteiger partial charge in [-0.3, -0.25) is 0 Å². The average Bonchev–Trinajstić information content (AvgIpc) is 2.41. The van der Waals surface area contributed by atoms with E-state index in [9.17, 15) is 12.8 Å². The third-order valence-corrected chi connectivity index (χ3v) is 5.00. The molecular weight excluding hydrogens is 383 g/mol. The molecule has 4 nitrogen and oxygen atoms in total. The Morgan fingerprint density at radius 1 is 1.29 bits per heavy atom. The monoisotopic (exact) mass is 392 g/mol. The second kappa shape index (κ2) is 6.31. The molecular formula is C13H11BrClFN2O2S. The Morgan fingerprint density at radius 2 is 2.00 bits per heavy atom. The molecule has 3 N–H and O–H groups in total. The fraction of sp³-hybridized carbons (Fsp3) is 0.0769. The van der Waals surface area contributed by atoms with Crippen LogP contribution in [0.4, 0.5) is 10.1 Å². The molecule has 8 heteroatoms. The molecule has 2 aromatic rings. The lowest BCUT2D eigenvalue weighted by molar-refractivity contribution is 0.580. The molecule has 2 rings (SSSR count). The fourth-order valence-corrected chi connectivity index (χ4v) is 3.54. The van der Waals surface area contributed by atoms with Crippen molar-refractivity contribution in [2.24, 2.45) is 0 Å². The Kier molecular flexibility index (Phi) is 4.88. The van der Waals surface area contributed by atoms with Crippen LogP contribution in [0.2, 0.25) is 5.02 Å². The molecule has 0 radical (unpaired) electrons. The Labute approximate surface area is 135 Å². The first kappa shape index (κ1) is 16.2. The molecule has 0 aromatic heterocycles. The molecule has 0 aliphatic heterocycles. The Hall–Kier alpha value is -1.15. The van der Waals surface area contributed by atoms with Gasteiger partial charge in [-0.25, -0.2) is 17.5 Å². The fourth-order valence-electron chi connectivity index (χ4n) is 1.68. The van der Waals surface area contributed by atoms with Gasteiger partial charge in [-0.15, -0.1) is 0 Å². The van der Waals surface area contributed by atoms with E-state index >= 15 is 0 Å². The van der Waals surface area contributed by atoms with Crippen LogP contribution >= 0.6 is 27.5 Å². The molecule has 0 saturated carbocycles. The van der Waals surface area contributed by atoms with Gasteiger partial charge in [0, 0.05) is 11.6 Å². The number of nitrogen functional groups attached to an aromatic ring is 1. The van der Waals surface area contributed by atoms with Crippen molar-refractivity contribution >= 4 is 43.2 Å². The van der Waals surface area contributed by atoms with Gasteiger partial charge in [-0.2, -0.15) is 0 Å². The minimum atomic E-state index is -3.86. The highest BCUT2D eigenvalue weighted by Gasteiger charge is 2.19. The van der Waals surface area contributed by atoms with Gasteiger partial charge in [-0.05, 0) is 45.8 Å². The minimum Gasteiger partial charge on any atom is -0.398 e. The third kappa shape index (κ3) is 3.94. The summed E-state index contributed by atoms with van der Waals surface area (Å²) in [5, 5.41) is 0.510. The smallest absolute Gasteiger partial charge is 0.242 e. The van der Waals surface area contributed by atoms with Crippen LogP contribution in [0.25, 0.3) is 0 Å². The number of nitrogens with two attached hydrogens (primary N) is 1. The van der Waals surface area contributed by atoms with E-state index in [0.717, 1.165) is 12.1 Å². The zero-order chi connectivity index (χ0) is 15.6. The largest absolute Gasteiger partial charge is 0.398 e. The molecule has 0 atom stereocenters. The SMILES string of the molecule is Nc1cc(F)c(Br)cc1S(=O)(=O)NCc1cccc(Cl)c1. The highest BCUT2D eigenvalue weighted by molar-refractivity contribution is 9.10. The number of hydrogen-bond acceptors (Lipinski definition) is 3. The number of sulfonamides is 1. The highest BCUT2D eigenvalue weighted by atomic mass is 79.9. The van der Waals surface area contributed by atoms with Gasteiger partial charge in [0.05, 0.1) is 10.2 Å². The van der Waals surface area contributed by atoms with E-state index in [4.69, 9.17) is 17.3 Å². The van der Waals surface area contributed by atoms with Crippen LogP contribution in [0, 0.1) is 5.82 Å². The molecule has 0 amide bonds. The van der Waals surface area contributed by atoms with Gasteiger partial charge in [0.15, 0.2) is 0 Å². The van der Waals surface area contributed by atoms with E-state index in [1.807, 2.05) is 0 Å². The molecule has 0 aliphatic carbocycles. The minimum absolute atomic E-state index is 0.0276. The number of nitrogens with one attached hydrogen (secondary N) is 1. The van der Waals surface area contributed by atoms with Crippen molar-refractivity contribution in [2.45, 2.75) is 11.4 Å². The Balaban J connectivity index is 2.25. The van der Waals surface area contributed by atoms with Crippen molar-refractivity contribution in [1.82, 2.24) is 4.72 Å². The maximum Gasteiger partial charge on any atom is 0.242 e. The van der Waals surface area contributed by atoms with Crippen LogP contribution in [0.1, 0.15) is 5.56 Å². The normalized spacial score (nSPS) is 11.6. The van der Waals surface area contributed by atoms with Crippen molar-refractivity contribution in [3.63, 3.8) is 0 Å². The summed E-state index contributed by atoms with van der Waals surface area (Å²) in [6.45, 7) is 0.0529. The summed E-state index contributed by atoms with van der Waals surface area (Å²) in [5.41, 5.74) is 6.11. The summed E-state index contributed by atoms with van der Waals surface area (Å²) in [7, 11) is -3.86. The molecule has 0 heterocycles. The number of halogens is 3. The molecule has 0 aliphatic rings.